The van der Waals surface area contributed by atoms with Gasteiger partial charge in [0.25, 0.3) is 11.8 Å². The lowest BCUT2D eigenvalue weighted by Crippen LogP contribution is -2.27. The third kappa shape index (κ3) is 7.10. The summed E-state index contributed by atoms with van der Waals surface area (Å²) in [6.45, 7) is 6.99. The molecule has 1 heterocycles. The predicted octanol–water partition coefficient (Wildman–Crippen LogP) is 5.28. The van der Waals surface area contributed by atoms with Crippen LogP contribution >= 0.6 is 0 Å². The Morgan fingerprint density at radius 3 is 2.31 bits per heavy atom. The number of carbonyl (C=O) groups is 2. The molecule has 4 rings (SSSR count). The Bertz CT molecular complexity index is 1320. The first-order valence-electron chi connectivity index (χ1n) is 12.4. The Balaban J connectivity index is 0.000000983. The molecule has 1 aliphatic rings. The summed E-state index contributed by atoms with van der Waals surface area (Å²) in [6, 6.07) is 13.7. The number of aromatic nitrogens is 2. The number of anilines is 1. The van der Waals surface area contributed by atoms with E-state index in [9.17, 15) is 18.4 Å². The van der Waals surface area contributed by atoms with Gasteiger partial charge in [0, 0.05) is 24.9 Å². The fraction of sp³-hybridized carbons (Fsp3) is 0.276. The van der Waals surface area contributed by atoms with Crippen LogP contribution in [0.15, 0.2) is 73.8 Å². The number of rotatable bonds is 8. The monoisotopic (exact) mass is 537 g/mol. The van der Waals surface area contributed by atoms with E-state index in [2.05, 4.69) is 23.6 Å². The zero-order valence-electron chi connectivity index (χ0n) is 21.8. The highest BCUT2D eigenvalue weighted by Gasteiger charge is 2.37. The third-order valence-corrected chi connectivity index (χ3v) is 6.43. The van der Waals surface area contributed by atoms with Crippen LogP contribution in [0.25, 0.3) is 11.3 Å². The number of benzene rings is 2. The van der Waals surface area contributed by atoms with E-state index in [0.717, 1.165) is 5.56 Å². The summed E-state index contributed by atoms with van der Waals surface area (Å²) in [7, 11) is 1.50. The maximum absolute atomic E-state index is 13.6. The van der Waals surface area contributed by atoms with Gasteiger partial charge in [0.05, 0.1) is 18.7 Å². The quantitative estimate of drug-likeness (QED) is 0.337. The van der Waals surface area contributed by atoms with Crippen molar-refractivity contribution >= 4 is 17.6 Å². The number of methoxy groups -OCH3 is 1. The molecule has 1 saturated carbocycles. The van der Waals surface area contributed by atoms with Crippen LogP contribution in [0.4, 0.5) is 14.6 Å². The number of nitrogens with zero attached hydrogens (tertiary/aromatic N) is 2. The maximum Gasteiger partial charge on any atom is 0.255 e. The van der Waals surface area contributed by atoms with Crippen molar-refractivity contribution in [3.05, 3.63) is 90.5 Å². The number of nitrogens with one attached hydrogen (secondary N) is 1. The number of primary amides is 1. The van der Waals surface area contributed by atoms with Gasteiger partial charge in [-0.1, -0.05) is 61.7 Å². The average Bonchev–Trinajstić information content (AvgIpc) is 3.29. The number of nitrogen functional groups attached to an aromatic ring is 1. The zero-order chi connectivity index (χ0) is 28.6. The van der Waals surface area contributed by atoms with E-state index < -0.39 is 11.8 Å². The van der Waals surface area contributed by atoms with E-state index in [4.69, 9.17) is 16.2 Å². The van der Waals surface area contributed by atoms with Gasteiger partial charge in [-0.25, -0.2) is 13.5 Å². The number of carbonyl (C=O) groups excluding carboxylic acids is 2. The van der Waals surface area contributed by atoms with Gasteiger partial charge in [-0.15, -0.1) is 0 Å². The fourth-order valence-corrected chi connectivity index (χ4v) is 4.33. The number of alkyl halides is 2. The highest BCUT2D eigenvalue weighted by Crippen LogP contribution is 2.40. The molecule has 0 saturated heterocycles. The van der Waals surface area contributed by atoms with Crippen LogP contribution in [0.2, 0.25) is 0 Å². The van der Waals surface area contributed by atoms with Gasteiger partial charge in [0.15, 0.2) is 0 Å². The van der Waals surface area contributed by atoms with Crippen LogP contribution in [0.5, 0.6) is 5.75 Å². The Hall–Kier alpha value is -4.47. The molecule has 0 unspecified atom stereocenters. The molecule has 2 amide bonds. The van der Waals surface area contributed by atoms with Gasteiger partial charge in [0.2, 0.25) is 5.92 Å². The van der Waals surface area contributed by atoms with E-state index in [1.165, 1.54) is 11.8 Å². The number of amides is 2. The lowest BCUT2D eigenvalue weighted by molar-refractivity contribution is -0.0447. The topological polar surface area (TPSA) is 125 Å². The van der Waals surface area contributed by atoms with Crippen molar-refractivity contribution in [2.24, 2.45) is 5.73 Å². The SMILES string of the molecule is C=CC=C.COc1ccccc1C(=O)NCc1ccc(-c2nn(C3CCC(F)(F)CC3)c(N)c2C(N)=O)cc1. The van der Waals surface area contributed by atoms with Gasteiger partial charge < -0.3 is 21.5 Å². The molecule has 0 spiro atoms. The average molecular weight is 538 g/mol. The fourth-order valence-electron chi connectivity index (χ4n) is 4.33. The minimum Gasteiger partial charge on any atom is -0.496 e. The van der Waals surface area contributed by atoms with E-state index in [1.54, 1.807) is 60.7 Å². The second-order valence-corrected chi connectivity index (χ2v) is 9.06. The van der Waals surface area contributed by atoms with Crippen LogP contribution in [-0.4, -0.2) is 34.6 Å². The van der Waals surface area contributed by atoms with Crippen LogP contribution in [0, 0.1) is 0 Å². The number of hydrogen-bond acceptors (Lipinski definition) is 5. The van der Waals surface area contributed by atoms with E-state index in [1.807, 2.05) is 0 Å². The first-order valence-corrected chi connectivity index (χ1v) is 12.4. The summed E-state index contributed by atoms with van der Waals surface area (Å²) in [6.07, 6.45) is 3.18. The van der Waals surface area contributed by atoms with Gasteiger partial charge in [-0.05, 0) is 30.5 Å². The number of ether oxygens (including phenoxy) is 1. The summed E-state index contributed by atoms with van der Waals surface area (Å²) in [5.41, 5.74) is 14.0. The van der Waals surface area contributed by atoms with Crippen LogP contribution in [0.1, 0.15) is 58.0 Å². The van der Waals surface area contributed by atoms with Crippen molar-refractivity contribution in [1.29, 1.82) is 0 Å². The van der Waals surface area contributed by atoms with Crippen LogP contribution in [0.3, 0.4) is 0 Å². The predicted molar refractivity (Wildman–Crippen MR) is 148 cm³/mol. The molecule has 8 nitrogen and oxygen atoms in total. The molecule has 0 aliphatic heterocycles. The van der Waals surface area contributed by atoms with Crippen molar-refractivity contribution in [2.75, 3.05) is 12.8 Å². The van der Waals surface area contributed by atoms with E-state index in [-0.39, 0.29) is 55.6 Å². The number of halogens is 2. The Kier molecular flexibility index (Phi) is 9.59. The molecule has 39 heavy (non-hydrogen) atoms. The number of para-hydroxylation sites is 1. The number of hydrogen-bond donors (Lipinski definition) is 3. The van der Waals surface area contributed by atoms with Crippen molar-refractivity contribution in [2.45, 2.75) is 44.2 Å². The highest BCUT2D eigenvalue weighted by atomic mass is 19.3. The van der Waals surface area contributed by atoms with Gasteiger partial charge in [-0.2, -0.15) is 5.10 Å². The van der Waals surface area contributed by atoms with E-state index in [0.29, 0.717) is 22.6 Å². The standard InChI is InChI=1S/C25H27F2N5O3.C4H6/c1-35-19-5-3-2-4-18(19)24(34)30-14-15-6-8-16(9-7-15)21-20(23(29)33)22(28)32(31-21)17-10-12-25(26,27)13-11-17;1-3-4-2/h2-9,17H,10-14,28H2,1H3,(H2,29,33)(H,30,34);3-4H,1-2H2. The molecule has 3 aromatic rings. The summed E-state index contributed by atoms with van der Waals surface area (Å²) in [5.74, 6) is -3.14. The van der Waals surface area contributed by atoms with Crippen molar-refractivity contribution in [3.63, 3.8) is 0 Å². The first kappa shape index (κ1) is 29.1. The molecule has 1 aliphatic carbocycles. The molecule has 1 fully saturated rings. The number of allylic oxidation sites excluding steroid dienone is 2. The Morgan fingerprint density at radius 2 is 1.74 bits per heavy atom. The smallest absolute Gasteiger partial charge is 0.255 e. The lowest BCUT2D eigenvalue weighted by Gasteiger charge is -2.28. The van der Waals surface area contributed by atoms with Gasteiger partial charge in [-0.3, -0.25) is 9.59 Å². The molecule has 5 N–H and O–H groups in total. The van der Waals surface area contributed by atoms with E-state index >= 15 is 0 Å². The summed E-state index contributed by atoms with van der Waals surface area (Å²) in [4.78, 5) is 24.7. The molecule has 2 aromatic carbocycles. The molecule has 10 heteroatoms. The minimum absolute atomic E-state index is 0.0690. The normalized spacial score (nSPS) is 14.4. The van der Waals surface area contributed by atoms with Gasteiger partial charge >= 0.3 is 0 Å². The summed E-state index contributed by atoms with van der Waals surface area (Å²) >= 11 is 0. The zero-order valence-corrected chi connectivity index (χ0v) is 21.8. The second kappa shape index (κ2) is 12.9. The third-order valence-electron chi connectivity index (χ3n) is 6.43. The molecule has 0 bridgehead atoms. The summed E-state index contributed by atoms with van der Waals surface area (Å²) < 4.78 is 33.9. The summed E-state index contributed by atoms with van der Waals surface area (Å²) in [5, 5.41) is 7.35. The first-order chi connectivity index (χ1) is 18.6. The maximum atomic E-state index is 13.6. The molecular weight excluding hydrogens is 504 g/mol. The highest BCUT2D eigenvalue weighted by molar-refractivity contribution is 6.03. The van der Waals surface area contributed by atoms with Crippen LogP contribution < -0.4 is 21.5 Å². The Morgan fingerprint density at radius 1 is 1.13 bits per heavy atom. The second-order valence-electron chi connectivity index (χ2n) is 9.06. The molecule has 0 atom stereocenters. The van der Waals surface area contributed by atoms with Crippen LogP contribution in [-0.2, 0) is 6.54 Å². The Labute approximate surface area is 226 Å². The lowest BCUT2D eigenvalue weighted by atomic mass is 9.92. The largest absolute Gasteiger partial charge is 0.496 e. The number of nitrogens with two attached hydrogens (primary N) is 2. The van der Waals surface area contributed by atoms with Gasteiger partial charge in [0.1, 0.15) is 22.8 Å². The molecule has 0 radical (unpaired) electrons. The van der Waals surface area contributed by atoms with Crippen molar-refractivity contribution in [3.8, 4) is 17.0 Å². The van der Waals surface area contributed by atoms with Crippen molar-refractivity contribution < 1.29 is 23.1 Å². The molecular formula is C29H33F2N5O3. The minimum atomic E-state index is -2.69. The molecule has 206 valence electrons. The molecule has 1 aromatic heterocycles. The van der Waals surface area contributed by atoms with Crippen molar-refractivity contribution in [1.82, 2.24) is 15.1 Å².